The van der Waals surface area contributed by atoms with E-state index in [1.807, 2.05) is 30.5 Å². The molecule has 0 radical (unpaired) electrons. The van der Waals surface area contributed by atoms with Gasteiger partial charge in [0.1, 0.15) is 5.75 Å². The summed E-state index contributed by atoms with van der Waals surface area (Å²) in [6.07, 6.45) is 5.63. The van der Waals surface area contributed by atoms with Gasteiger partial charge in [-0.1, -0.05) is 90.1 Å². The highest BCUT2D eigenvalue weighted by Gasteiger charge is 2.29. The molecule has 2 aromatic carbocycles. The summed E-state index contributed by atoms with van der Waals surface area (Å²) in [5.74, 6) is 0.540. The third kappa shape index (κ3) is 4.97. The molecule has 0 saturated heterocycles. The van der Waals surface area contributed by atoms with Crippen LogP contribution in [0, 0.1) is 5.41 Å². The van der Waals surface area contributed by atoms with Gasteiger partial charge in [-0.2, -0.15) is 0 Å². The van der Waals surface area contributed by atoms with Gasteiger partial charge in [0.2, 0.25) is 0 Å². The summed E-state index contributed by atoms with van der Waals surface area (Å²) in [6.45, 7) is 13.1. The van der Waals surface area contributed by atoms with E-state index in [1.54, 1.807) is 17.0 Å². The average Bonchev–Trinajstić information content (AvgIpc) is 2.67. The summed E-state index contributed by atoms with van der Waals surface area (Å²) in [5.41, 5.74) is 3.62. The minimum Gasteiger partial charge on any atom is -0.410 e. The maximum atomic E-state index is 13.0. The van der Waals surface area contributed by atoms with Crippen molar-refractivity contribution < 1.29 is 9.53 Å². The first kappa shape index (κ1) is 20.9. The van der Waals surface area contributed by atoms with Crippen LogP contribution >= 0.6 is 0 Å². The molecule has 0 bridgehead atoms. The second-order valence-corrected chi connectivity index (χ2v) is 9.59. The number of allylic oxidation sites excluding steroid dienone is 2. The van der Waals surface area contributed by atoms with Gasteiger partial charge in [-0.15, -0.1) is 0 Å². The average molecular weight is 390 g/mol. The van der Waals surface area contributed by atoms with Crippen molar-refractivity contribution >= 4 is 6.09 Å². The van der Waals surface area contributed by atoms with Crippen molar-refractivity contribution in [3.05, 3.63) is 89.6 Å². The zero-order chi connectivity index (χ0) is 21.2. The Morgan fingerprint density at radius 2 is 1.48 bits per heavy atom. The molecule has 0 N–H and O–H groups in total. The van der Waals surface area contributed by atoms with Crippen LogP contribution in [0.25, 0.3) is 0 Å². The molecule has 0 aromatic heterocycles. The molecule has 1 aliphatic rings. The summed E-state index contributed by atoms with van der Waals surface area (Å²) < 4.78 is 5.61. The monoisotopic (exact) mass is 389 g/mol. The number of hydrogen-bond acceptors (Lipinski definition) is 2. The Balaban J connectivity index is 1.94. The Bertz CT molecular complexity index is 910. The van der Waals surface area contributed by atoms with Gasteiger partial charge >= 0.3 is 6.09 Å². The number of amides is 1. The second kappa shape index (κ2) is 7.90. The summed E-state index contributed by atoms with van der Waals surface area (Å²) in [4.78, 5) is 14.6. The minimum absolute atomic E-state index is 0.00444. The van der Waals surface area contributed by atoms with Gasteiger partial charge in [0.15, 0.2) is 0 Å². The lowest BCUT2D eigenvalue weighted by atomic mass is 9.82. The van der Waals surface area contributed by atoms with Crippen molar-refractivity contribution in [3.8, 4) is 5.75 Å². The molecule has 0 aliphatic carbocycles. The Kier molecular flexibility index (Phi) is 5.70. The van der Waals surface area contributed by atoms with Crippen LogP contribution in [-0.2, 0) is 5.41 Å². The summed E-state index contributed by atoms with van der Waals surface area (Å²) in [5, 5.41) is 0. The lowest BCUT2D eigenvalue weighted by Gasteiger charge is -2.33. The van der Waals surface area contributed by atoms with Crippen LogP contribution < -0.4 is 4.74 Å². The number of carbonyl (C=O) groups excluding carboxylic acids is 1. The van der Waals surface area contributed by atoms with Crippen molar-refractivity contribution in [3.63, 3.8) is 0 Å². The van der Waals surface area contributed by atoms with Gasteiger partial charge in [0.25, 0.3) is 0 Å². The number of rotatable bonds is 2. The SMILES string of the molecule is CC(C)(C)C1=CC(c2ccc(C(C)(C)C)cc2)N(C(=O)Oc2ccccc2)C=C1. The molecule has 152 valence electrons. The van der Waals surface area contributed by atoms with Crippen LogP contribution in [0.4, 0.5) is 4.79 Å². The fraction of sp³-hybridized carbons (Fsp3) is 0.346. The van der Waals surface area contributed by atoms with E-state index in [1.165, 1.54) is 11.1 Å². The first-order valence-electron chi connectivity index (χ1n) is 10.1. The fourth-order valence-corrected chi connectivity index (χ4v) is 3.31. The molecule has 3 nitrogen and oxygen atoms in total. The predicted octanol–water partition coefficient (Wildman–Crippen LogP) is 7.03. The molecule has 1 unspecified atom stereocenters. The first-order chi connectivity index (χ1) is 13.6. The van der Waals surface area contributed by atoms with Crippen molar-refractivity contribution in [1.29, 1.82) is 0 Å². The molecule has 0 spiro atoms. The molecule has 0 saturated carbocycles. The van der Waals surface area contributed by atoms with Crippen LogP contribution in [0.2, 0.25) is 0 Å². The van der Waals surface area contributed by atoms with Crippen molar-refractivity contribution in [1.82, 2.24) is 4.90 Å². The maximum Gasteiger partial charge on any atom is 0.420 e. The molecule has 3 heteroatoms. The third-order valence-electron chi connectivity index (χ3n) is 5.20. The molecule has 1 atom stereocenters. The third-order valence-corrected chi connectivity index (χ3v) is 5.20. The number of ether oxygens (including phenoxy) is 1. The van der Waals surface area contributed by atoms with Crippen LogP contribution in [0.1, 0.15) is 58.7 Å². The number of nitrogens with zero attached hydrogens (tertiary/aromatic N) is 1. The van der Waals surface area contributed by atoms with E-state index in [-0.39, 0.29) is 23.0 Å². The normalized spacial score (nSPS) is 17.1. The van der Waals surface area contributed by atoms with E-state index in [0.717, 1.165) is 5.56 Å². The highest BCUT2D eigenvalue weighted by Crippen LogP contribution is 2.36. The van der Waals surface area contributed by atoms with Gasteiger partial charge in [-0.05, 0) is 45.7 Å². The number of carbonyl (C=O) groups is 1. The van der Waals surface area contributed by atoms with E-state index in [9.17, 15) is 4.79 Å². The van der Waals surface area contributed by atoms with Crippen LogP contribution in [0.15, 0.2) is 78.5 Å². The van der Waals surface area contributed by atoms with Crippen LogP contribution in [0.5, 0.6) is 5.75 Å². The molecule has 1 amide bonds. The molecular formula is C26H31NO2. The minimum atomic E-state index is -0.387. The van der Waals surface area contributed by atoms with E-state index in [2.05, 4.69) is 71.9 Å². The van der Waals surface area contributed by atoms with E-state index in [4.69, 9.17) is 4.74 Å². The predicted molar refractivity (Wildman–Crippen MR) is 119 cm³/mol. The zero-order valence-corrected chi connectivity index (χ0v) is 18.3. The Labute approximate surface area is 174 Å². The summed E-state index contributed by atoms with van der Waals surface area (Å²) in [6, 6.07) is 17.5. The lowest BCUT2D eigenvalue weighted by Crippen LogP contribution is -2.34. The zero-order valence-electron chi connectivity index (χ0n) is 18.3. The Hall–Kier alpha value is -2.81. The highest BCUT2D eigenvalue weighted by atomic mass is 16.6. The van der Waals surface area contributed by atoms with Crippen LogP contribution in [-0.4, -0.2) is 11.0 Å². The van der Waals surface area contributed by atoms with Gasteiger partial charge in [-0.3, -0.25) is 4.90 Å². The summed E-state index contributed by atoms with van der Waals surface area (Å²) in [7, 11) is 0. The second-order valence-electron chi connectivity index (χ2n) is 9.59. The fourth-order valence-electron chi connectivity index (χ4n) is 3.31. The van der Waals surface area contributed by atoms with Crippen LogP contribution in [0.3, 0.4) is 0 Å². The topological polar surface area (TPSA) is 29.5 Å². The highest BCUT2D eigenvalue weighted by molar-refractivity contribution is 5.73. The standard InChI is InChI=1S/C26H31NO2/c1-25(2,3)20-14-12-19(13-15-20)23-18-21(26(4,5)6)16-17-27(23)24(28)29-22-10-8-7-9-11-22/h7-18,23H,1-6H3. The molecule has 3 rings (SSSR count). The Morgan fingerprint density at radius 3 is 2.03 bits per heavy atom. The lowest BCUT2D eigenvalue weighted by molar-refractivity contribution is 0.160. The van der Waals surface area contributed by atoms with Crippen molar-refractivity contribution in [2.45, 2.75) is 53.0 Å². The molecule has 2 aromatic rings. The largest absolute Gasteiger partial charge is 0.420 e. The molecule has 1 heterocycles. The number of hydrogen-bond donors (Lipinski definition) is 0. The number of para-hydroxylation sites is 1. The van der Waals surface area contributed by atoms with E-state index in [0.29, 0.717) is 5.75 Å². The van der Waals surface area contributed by atoms with Gasteiger partial charge < -0.3 is 4.74 Å². The molecule has 0 fully saturated rings. The maximum absolute atomic E-state index is 13.0. The van der Waals surface area contributed by atoms with Crippen molar-refractivity contribution in [2.75, 3.05) is 0 Å². The number of benzene rings is 2. The molecular weight excluding hydrogens is 358 g/mol. The van der Waals surface area contributed by atoms with Gasteiger partial charge in [-0.25, -0.2) is 4.79 Å². The Morgan fingerprint density at radius 1 is 0.862 bits per heavy atom. The molecule has 1 aliphatic heterocycles. The van der Waals surface area contributed by atoms with Crippen molar-refractivity contribution in [2.24, 2.45) is 5.41 Å². The van der Waals surface area contributed by atoms with Gasteiger partial charge in [0.05, 0.1) is 6.04 Å². The smallest absolute Gasteiger partial charge is 0.410 e. The van der Waals surface area contributed by atoms with E-state index >= 15 is 0 Å². The molecule has 29 heavy (non-hydrogen) atoms. The summed E-state index contributed by atoms with van der Waals surface area (Å²) >= 11 is 0. The van der Waals surface area contributed by atoms with Gasteiger partial charge in [0, 0.05) is 6.20 Å². The first-order valence-corrected chi connectivity index (χ1v) is 10.1. The quantitative estimate of drug-likeness (QED) is 0.552. The van der Waals surface area contributed by atoms with E-state index < -0.39 is 0 Å².